The van der Waals surface area contributed by atoms with Gasteiger partial charge in [0.15, 0.2) is 11.2 Å². The molecule has 0 fully saturated rings. The standard InChI is InChI=1S/C67H46N2O2/c1-3-43-23-15-27-51-53-29-17-33-61(67(53)71-65(43)51)69(57-31-13-11-25-49(57)45-21-8-5-9-22-45)59-41-37-47-34-38-54-58(40-36-46-35-39-55(59)63(47)62(46)54)68(56-30-12-10-24-48(56)44-19-6-4-7-20-44)60-32-16-28-52-50-26-14-18-42(2)64(50)70-66(52)60/h4-41H,3H2,1-2H3. The molecule has 0 spiro atoms. The van der Waals surface area contributed by atoms with Crippen LogP contribution < -0.4 is 9.80 Å². The van der Waals surface area contributed by atoms with Crippen LogP contribution in [0.2, 0.25) is 0 Å². The molecular weight excluding hydrogens is 865 g/mol. The second-order valence-electron chi connectivity index (χ2n) is 18.6. The third-order valence-corrected chi connectivity index (χ3v) is 14.7. The molecule has 0 unspecified atom stereocenters. The monoisotopic (exact) mass is 910 g/mol. The van der Waals surface area contributed by atoms with E-state index >= 15 is 0 Å². The first kappa shape index (κ1) is 40.9. The summed E-state index contributed by atoms with van der Waals surface area (Å²) in [6.07, 6.45) is 0.881. The summed E-state index contributed by atoms with van der Waals surface area (Å²) in [7, 11) is 0. The number of hydrogen-bond acceptors (Lipinski definition) is 4. The van der Waals surface area contributed by atoms with E-state index in [9.17, 15) is 0 Å². The van der Waals surface area contributed by atoms with E-state index in [2.05, 4.69) is 254 Å². The van der Waals surface area contributed by atoms with Crippen molar-refractivity contribution in [3.8, 4) is 22.3 Å². The summed E-state index contributed by atoms with van der Waals surface area (Å²) in [4.78, 5) is 4.88. The van der Waals surface area contributed by atoms with Crippen molar-refractivity contribution in [1.82, 2.24) is 0 Å². The molecule has 0 saturated heterocycles. The zero-order chi connectivity index (χ0) is 47.2. The molecule has 0 bridgehead atoms. The van der Waals surface area contributed by atoms with E-state index in [1.165, 1.54) is 27.1 Å². The normalized spacial score (nSPS) is 11.9. The predicted octanol–water partition coefficient (Wildman–Crippen LogP) is 19.5. The Kier molecular flexibility index (Phi) is 9.37. The van der Waals surface area contributed by atoms with Gasteiger partial charge in [-0.15, -0.1) is 0 Å². The van der Waals surface area contributed by atoms with Crippen LogP contribution in [-0.2, 0) is 6.42 Å². The SMILES string of the molecule is CCc1cccc2c1oc1c(N(c3ccccc3-c3ccccc3)c3ccc4ccc5c(N(c6ccccc6-c6ccccc6)c6cccc7c6oc6c(C)cccc67)ccc6ccc3c4c65)cccc12. The van der Waals surface area contributed by atoms with Gasteiger partial charge >= 0.3 is 0 Å². The number of benzene rings is 12. The summed E-state index contributed by atoms with van der Waals surface area (Å²) in [5, 5.41) is 11.5. The minimum atomic E-state index is 0.853. The first-order valence-corrected chi connectivity index (χ1v) is 24.6. The van der Waals surface area contributed by atoms with Gasteiger partial charge in [-0.2, -0.15) is 0 Å². The van der Waals surface area contributed by atoms with Gasteiger partial charge in [0.1, 0.15) is 11.2 Å². The Hall–Kier alpha value is -9.12. The maximum absolute atomic E-state index is 7.07. The molecule has 2 aromatic heterocycles. The van der Waals surface area contributed by atoms with Crippen LogP contribution >= 0.6 is 0 Å². The Balaban J connectivity index is 1.06. The fourth-order valence-electron chi connectivity index (χ4n) is 11.4. The van der Waals surface area contributed by atoms with Crippen molar-refractivity contribution in [3.63, 3.8) is 0 Å². The highest BCUT2D eigenvalue weighted by Gasteiger charge is 2.28. The number of rotatable bonds is 9. The van der Waals surface area contributed by atoms with Crippen molar-refractivity contribution in [2.75, 3.05) is 9.80 Å². The maximum Gasteiger partial charge on any atom is 0.159 e. The fourth-order valence-corrected chi connectivity index (χ4v) is 11.4. The lowest BCUT2D eigenvalue weighted by Gasteiger charge is -2.31. The Bertz CT molecular complexity index is 4360. The molecule has 0 aliphatic carbocycles. The summed E-state index contributed by atoms with van der Waals surface area (Å²) in [5.74, 6) is 0. The Morgan fingerprint density at radius 3 is 1.24 bits per heavy atom. The van der Waals surface area contributed by atoms with Crippen LogP contribution in [0.4, 0.5) is 34.1 Å². The molecule has 71 heavy (non-hydrogen) atoms. The van der Waals surface area contributed by atoms with Crippen molar-refractivity contribution in [2.45, 2.75) is 20.3 Å². The van der Waals surface area contributed by atoms with Gasteiger partial charge in [-0.25, -0.2) is 0 Å². The summed E-state index contributed by atoms with van der Waals surface area (Å²) in [6, 6.07) is 83.5. The van der Waals surface area contributed by atoms with Crippen molar-refractivity contribution < 1.29 is 8.83 Å². The summed E-state index contributed by atoms with van der Waals surface area (Å²) < 4.78 is 14.1. The van der Waals surface area contributed by atoms with Crippen LogP contribution in [0.15, 0.2) is 239 Å². The van der Waals surface area contributed by atoms with Crippen LogP contribution in [-0.4, -0.2) is 0 Å². The van der Waals surface area contributed by atoms with E-state index in [0.717, 1.165) is 123 Å². The molecule has 2 heterocycles. The first-order valence-electron chi connectivity index (χ1n) is 24.6. The second kappa shape index (κ2) is 16.3. The topological polar surface area (TPSA) is 32.8 Å². The van der Waals surface area contributed by atoms with E-state index in [1.54, 1.807) is 0 Å². The summed E-state index contributed by atoms with van der Waals surface area (Å²) >= 11 is 0. The predicted molar refractivity (Wildman–Crippen MR) is 299 cm³/mol. The van der Waals surface area contributed by atoms with Gasteiger partial charge in [-0.05, 0) is 93.5 Å². The number of fused-ring (bicyclic) bond motifs is 6. The molecule has 0 aliphatic rings. The van der Waals surface area contributed by atoms with Crippen LogP contribution in [0.1, 0.15) is 18.1 Å². The zero-order valence-electron chi connectivity index (χ0n) is 39.4. The molecule has 4 nitrogen and oxygen atoms in total. The van der Waals surface area contributed by atoms with E-state index in [1.807, 2.05) is 0 Å². The van der Waals surface area contributed by atoms with E-state index in [0.29, 0.717) is 0 Å². The van der Waals surface area contributed by atoms with Crippen molar-refractivity contribution >= 4 is 110 Å². The van der Waals surface area contributed by atoms with Crippen LogP contribution in [0.25, 0.3) is 98.4 Å². The molecular formula is C67H46N2O2. The summed E-state index contributed by atoms with van der Waals surface area (Å²) in [5.41, 5.74) is 16.7. The Morgan fingerprint density at radius 2 is 0.718 bits per heavy atom. The number of anilines is 6. The highest BCUT2D eigenvalue weighted by Crippen LogP contribution is 2.52. The van der Waals surface area contributed by atoms with Crippen molar-refractivity contribution in [2.24, 2.45) is 0 Å². The van der Waals surface area contributed by atoms with E-state index < -0.39 is 0 Å². The number of aryl methyl sites for hydroxylation is 2. The lowest BCUT2D eigenvalue weighted by molar-refractivity contribution is 0.663. The fraction of sp³-hybridized carbons (Fsp3) is 0.0448. The smallest absolute Gasteiger partial charge is 0.159 e. The minimum Gasteiger partial charge on any atom is -0.454 e. The third-order valence-electron chi connectivity index (χ3n) is 14.7. The van der Waals surface area contributed by atoms with Gasteiger partial charge in [0, 0.05) is 43.4 Å². The van der Waals surface area contributed by atoms with Gasteiger partial charge < -0.3 is 18.6 Å². The van der Waals surface area contributed by atoms with Gasteiger partial charge in [-0.1, -0.05) is 201 Å². The van der Waals surface area contributed by atoms with Gasteiger partial charge in [0.05, 0.1) is 34.1 Å². The van der Waals surface area contributed by atoms with Crippen LogP contribution in [0.3, 0.4) is 0 Å². The third kappa shape index (κ3) is 6.31. The maximum atomic E-state index is 7.07. The lowest BCUT2D eigenvalue weighted by atomic mass is 9.91. The largest absolute Gasteiger partial charge is 0.454 e. The highest BCUT2D eigenvalue weighted by atomic mass is 16.3. The van der Waals surface area contributed by atoms with Gasteiger partial charge in [0.2, 0.25) is 0 Å². The van der Waals surface area contributed by atoms with Crippen LogP contribution in [0.5, 0.6) is 0 Å². The van der Waals surface area contributed by atoms with Crippen molar-refractivity contribution in [1.29, 1.82) is 0 Å². The van der Waals surface area contributed by atoms with Crippen molar-refractivity contribution in [3.05, 3.63) is 242 Å². The highest BCUT2D eigenvalue weighted by molar-refractivity contribution is 6.29. The van der Waals surface area contributed by atoms with E-state index in [4.69, 9.17) is 8.83 Å². The molecule has 4 heteroatoms. The minimum absolute atomic E-state index is 0.853. The molecule has 12 aromatic carbocycles. The quantitative estimate of drug-likeness (QED) is 0.135. The first-order chi connectivity index (χ1) is 35.1. The Labute approximate surface area is 411 Å². The van der Waals surface area contributed by atoms with E-state index in [-0.39, 0.29) is 0 Å². The average Bonchev–Trinajstić information content (AvgIpc) is 4.02. The molecule has 0 radical (unpaired) electrons. The number of hydrogen-bond donors (Lipinski definition) is 0. The molecule has 14 rings (SSSR count). The molecule has 336 valence electrons. The lowest BCUT2D eigenvalue weighted by Crippen LogP contribution is -2.13. The molecule has 0 N–H and O–H groups in total. The summed E-state index contributed by atoms with van der Waals surface area (Å²) in [6.45, 7) is 4.32. The van der Waals surface area contributed by atoms with Crippen LogP contribution in [0, 0.1) is 6.92 Å². The van der Waals surface area contributed by atoms with Gasteiger partial charge in [0.25, 0.3) is 0 Å². The molecule has 0 aliphatic heterocycles. The number of para-hydroxylation sites is 6. The molecule has 14 aromatic rings. The number of nitrogens with zero attached hydrogens (tertiary/aromatic N) is 2. The second-order valence-corrected chi connectivity index (χ2v) is 18.6. The average molecular weight is 911 g/mol. The molecule has 0 amide bonds. The Morgan fingerprint density at radius 1 is 0.310 bits per heavy atom. The molecule has 0 atom stereocenters. The van der Waals surface area contributed by atoms with Gasteiger partial charge in [-0.3, -0.25) is 0 Å². The molecule has 0 saturated carbocycles. The number of furan rings is 2. The zero-order valence-corrected chi connectivity index (χ0v) is 39.4.